The summed E-state index contributed by atoms with van der Waals surface area (Å²) in [6.45, 7) is 4.74. The molecule has 0 aliphatic carbocycles. The summed E-state index contributed by atoms with van der Waals surface area (Å²) in [6, 6.07) is 6.13. The van der Waals surface area contributed by atoms with Gasteiger partial charge in [0.15, 0.2) is 6.29 Å². The molecule has 1 aromatic rings. The van der Waals surface area contributed by atoms with Gasteiger partial charge in [0.25, 0.3) is 5.91 Å². The van der Waals surface area contributed by atoms with Crippen LogP contribution in [0.2, 0.25) is 0 Å². The smallest absolute Gasteiger partial charge is 0.271 e. The molecule has 156 valence electrons. The highest BCUT2D eigenvalue weighted by Gasteiger charge is 2.30. The van der Waals surface area contributed by atoms with Gasteiger partial charge in [0.05, 0.1) is 12.0 Å². The van der Waals surface area contributed by atoms with Crippen molar-refractivity contribution in [1.82, 2.24) is 9.79 Å². The molecular formula is C19H28N2O6S. The molecule has 1 unspecified atom stereocenters. The fourth-order valence-corrected chi connectivity index (χ4v) is 4.12. The Labute approximate surface area is 166 Å². The second-order valence-corrected chi connectivity index (χ2v) is 7.99. The first-order chi connectivity index (χ1) is 13.5. The molecule has 0 spiro atoms. The summed E-state index contributed by atoms with van der Waals surface area (Å²) < 4.78 is 37.0. The van der Waals surface area contributed by atoms with Crippen LogP contribution in [0.1, 0.15) is 33.1 Å². The van der Waals surface area contributed by atoms with E-state index in [0.717, 1.165) is 19.3 Å². The lowest BCUT2D eigenvalue weighted by atomic mass is 10.2. The van der Waals surface area contributed by atoms with Crippen LogP contribution in [0.25, 0.3) is 0 Å². The van der Waals surface area contributed by atoms with Crippen LogP contribution in [-0.4, -0.2) is 51.7 Å². The molecular weight excluding hydrogens is 384 g/mol. The van der Waals surface area contributed by atoms with Crippen molar-refractivity contribution in [3.63, 3.8) is 0 Å². The number of methoxy groups -OCH3 is 1. The number of carbonyl (C=O) groups excluding carboxylic acids is 1. The van der Waals surface area contributed by atoms with E-state index in [-0.39, 0.29) is 18.0 Å². The van der Waals surface area contributed by atoms with Gasteiger partial charge >= 0.3 is 0 Å². The quantitative estimate of drug-likeness (QED) is 0.720. The molecule has 1 N–H and O–H groups in total. The third-order valence-electron chi connectivity index (χ3n) is 4.30. The zero-order valence-corrected chi connectivity index (χ0v) is 17.3. The van der Waals surface area contributed by atoms with Crippen LogP contribution in [0.5, 0.6) is 5.75 Å². The number of ether oxygens (including phenoxy) is 2. The van der Waals surface area contributed by atoms with Gasteiger partial charge in [-0.1, -0.05) is 19.9 Å². The fourth-order valence-electron chi connectivity index (χ4n) is 2.76. The van der Waals surface area contributed by atoms with Crippen LogP contribution in [0.15, 0.2) is 40.8 Å². The second kappa shape index (κ2) is 10.6. The third-order valence-corrected chi connectivity index (χ3v) is 6.12. The molecule has 3 rings (SSSR count). The second-order valence-electron chi connectivity index (χ2n) is 6.05. The Hall–Kier alpha value is -1.94. The van der Waals surface area contributed by atoms with E-state index < -0.39 is 22.2 Å². The topological polar surface area (TPSA) is 94.2 Å². The summed E-state index contributed by atoms with van der Waals surface area (Å²) >= 11 is 0. The minimum Gasteiger partial charge on any atom is -0.497 e. The van der Waals surface area contributed by atoms with E-state index in [2.05, 4.69) is 5.48 Å². The van der Waals surface area contributed by atoms with Gasteiger partial charge in [-0.3, -0.25) is 4.79 Å². The van der Waals surface area contributed by atoms with E-state index >= 15 is 0 Å². The van der Waals surface area contributed by atoms with Crippen LogP contribution in [0.4, 0.5) is 0 Å². The van der Waals surface area contributed by atoms with Gasteiger partial charge in [0.1, 0.15) is 5.75 Å². The van der Waals surface area contributed by atoms with Crippen molar-refractivity contribution in [2.75, 3.05) is 26.8 Å². The van der Waals surface area contributed by atoms with Gasteiger partial charge in [-0.05, 0) is 37.1 Å². The van der Waals surface area contributed by atoms with Gasteiger partial charge < -0.3 is 9.47 Å². The number of hydroxylamine groups is 1. The minimum atomic E-state index is -3.69. The summed E-state index contributed by atoms with van der Waals surface area (Å²) in [4.78, 5) is 17.6. The van der Waals surface area contributed by atoms with Crippen LogP contribution in [-0.2, 0) is 24.4 Å². The predicted octanol–water partition coefficient (Wildman–Crippen LogP) is 2.23. The molecule has 2 aliphatic rings. The number of rotatable bonds is 6. The highest BCUT2D eigenvalue weighted by Crippen LogP contribution is 2.23. The first kappa shape index (κ1) is 22.4. The molecule has 9 heteroatoms. The Kier molecular flexibility index (Phi) is 8.43. The van der Waals surface area contributed by atoms with Crippen molar-refractivity contribution in [3.05, 3.63) is 35.9 Å². The van der Waals surface area contributed by atoms with Gasteiger partial charge in [0, 0.05) is 31.7 Å². The Morgan fingerprint density at radius 2 is 1.93 bits per heavy atom. The molecule has 2 aliphatic heterocycles. The van der Waals surface area contributed by atoms with Crippen molar-refractivity contribution in [3.8, 4) is 5.75 Å². The highest BCUT2D eigenvalue weighted by atomic mass is 32.2. The highest BCUT2D eigenvalue weighted by molar-refractivity contribution is 7.89. The standard InChI is InChI=1S/C17H22N2O6S.C2H6/c1-23-14-5-7-15(8-6-14)26(21,22)19-10-9-13(12-19)17(20)18-25-16-4-2-3-11-24-16;1-2/h5-9,16H,2-4,10-12H2,1H3,(H,18,20);1-2H3. The van der Waals surface area contributed by atoms with Crippen molar-refractivity contribution in [2.24, 2.45) is 0 Å². The third kappa shape index (κ3) is 5.54. The predicted molar refractivity (Wildman–Crippen MR) is 104 cm³/mol. The molecule has 1 saturated heterocycles. The fraction of sp³-hybridized carbons (Fsp3) is 0.526. The molecule has 8 nitrogen and oxygen atoms in total. The molecule has 2 heterocycles. The first-order valence-corrected chi connectivity index (χ1v) is 10.9. The maximum Gasteiger partial charge on any atom is 0.271 e. The van der Waals surface area contributed by atoms with Crippen molar-refractivity contribution in [2.45, 2.75) is 44.3 Å². The monoisotopic (exact) mass is 412 g/mol. The molecule has 1 amide bonds. The largest absolute Gasteiger partial charge is 0.497 e. The van der Waals surface area contributed by atoms with Crippen molar-refractivity contribution >= 4 is 15.9 Å². The number of amides is 1. The lowest BCUT2D eigenvalue weighted by Crippen LogP contribution is -2.36. The minimum absolute atomic E-state index is 0.00488. The first-order valence-electron chi connectivity index (χ1n) is 9.41. The normalized spacial score (nSPS) is 20.0. The average Bonchev–Trinajstić information content (AvgIpc) is 3.25. The molecule has 0 radical (unpaired) electrons. The zero-order valence-electron chi connectivity index (χ0n) is 16.5. The molecule has 0 saturated carbocycles. The summed E-state index contributed by atoms with van der Waals surface area (Å²) in [5, 5.41) is 0. The number of carbonyl (C=O) groups is 1. The molecule has 0 aromatic heterocycles. The number of nitrogens with one attached hydrogen (secondary N) is 1. The lowest BCUT2D eigenvalue weighted by molar-refractivity contribution is -0.198. The summed E-state index contributed by atoms with van der Waals surface area (Å²) in [5.74, 6) is 0.122. The van der Waals surface area contributed by atoms with Crippen LogP contribution in [0.3, 0.4) is 0 Å². The lowest BCUT2D eigenvalue weighted by Gasteiger charge is -2.22. The van der Waals surface area contributed by atoms with Gasteiger partial charge in [-0.2, -0.15) is 4.31 Å². The number of nitrogens with zero attached hydrogens (tertiary/aromatic N) is 1. The van der Waals surface area contributed by atoms with Crippen molar-refractivity contribution in [1.29, 1.82) is 0 Å². The Morgan fingerprint density at radius 3 is 2.54 bits per heavy atom. The van der Waals surface area contributed by atoms with E-state index in [1.54, 1.807) is 18.2 Å². The molecule has 1 atom stereocenters. The maximum absolute atomic E-state index is 12.7. The maximum atomic E-state index is 12.7. The number of hydrogen-bond donors (Lipinski definition) is 1. The number of hydrogen-bond acceptors (Lipinski definition) is 6. The van der Waals surface area contributed by atoms with Gasteiger partial charge in [-0.25, -0.2) is 18.7 Å². The summed E-state index contributed by atoms with van der Waals surface area (Å²) in [5.41, 5.74) is 2.70. The number of benzene rings is 1. The molecule has 28 heavy (non-hydrogen) atoms. The Bertz CT molecular complexity index is 770. The van der Waals surface area contributed by atoms with E-state index in [1.165, 1.54) is 23.5 Å². The van der Waals surface area contributed by atoms with E-state index in [4.69, 9.17) is 14.3 Å². The number of sulfonamides is 1. The van der Waals surface area contributed by atoms with E-state index in [1.807, 2.05) is 13.8 Å². The average molecular weight is 413 g/mol. The van der Waals surface area contributed by atoms with E-state index in [0.29, 0.717) is 17.9 Å². The Balaban J connectivity index is 0.00000136. The van der Waals surface area contributed by atoms with Crippen LogP contribution < -0.4 is 10.2 Å². The zero-order chi connectivity index (χ0) is 20.6. The Morgan fingerprint density at radius 1 is 1.21 bits per heavy atom. The SMILES string of the molecule is CC.COc1ccc(S(=O)(=O)N2CC=C(C(=O)NOC3CCCCO3)C2)cc1. The van der Waals surface area contributed by atoms with Crippen LogP contribution in [0, 0.1) is 0 Å². The molecule has 1 fully saturated rings. The van der Waals surface area contributed by atoms with E-state index in [9.17, 15) is 13.2 Å². The van der Waals surface area contributed by atoms with Gasteiger partial charge in [0.2, 0.25) is 10.0 Å². The summed E-state index contributed by atoms with van der Waals surface area (Å²) in [7, 11) is -2.17. The van der Waals surface area contributed by atoms with Crippen LogP contribution >= 0.6 is 0 Å². The summed E-state index contributed by atoms with van der Waals surface area (Å²) in [6.07, 6.45) is 3.82. The molecule has 0 bridgehead atoms. The van der Waals surface area contributed by atoms with Gasteiger partial charge in [-0.15, -0.1) is 0 Å². The molecule has 1 aromatic carbocycles. The van der Waals surface area contributed by atoms with Crippen molar-refractivity contribution < 1.29 is 27.5 Å².